The first-order valence-electron chi connectivity index (χ1n) is 7.65. The molecule has 0 saturated carbocycles. The summed E-state index contributed by atoms with van der Waals surface area (Å²) in [5.74, 6) is -0.645. The predicted octanol–water partition coefficient (Wildman–Crippen LogP) is 0.421. The molecule has 5 nitrogen and oxygen atoms in total. The van der Waals surface area contributed by atoms with Crippen molar-refractivity contribution in [3.8, 4) is 0 Å². The molecule has 0 fully saturated rings. The summed E-state index contributed by atoms with van der Waals surface area (Å²) in [5.41, 5.74) is 0. The van der Waals surface area contributed by atoms with Crippen LogP contribution in [-0.4, -0.2) is 20.1 Å². The molecule has 0 radical (unpaired) electrons. The molecule has 0 amide bonds. The molecule has 0 heterocycles. The molecule has 0 aromatic rings. The second-order valence-corrected chi connectivity index (χ2v) is 6.98. The van der Waals surface area contributed by atoms with Crippen molar-refractivity contribution in [2.24, 2.45) is 0 Å². The Labute approximate surface area is 153 Å². The zero-order valence-corrected chi connectivity index (χ0v) is 16.6. The SMILES string of the molecule is CCCCCCCCCCCCS(=O)(=O)NOC(C)=O.[H-].[Na+]. The van der Waals surface area contributed by atoms with Crippen LogP contribution in [0.3, 0.4) is 0 Å². The number of carbonyl (C=O) groups excluding carboxylic acids is 1. The normalized spacial score (nSPS) is 11.0. The Balaban J connectivity index is -0.00000180. The van der Waals surface area contributed by atoms with E-state index in [4.69, 9.17) is 0 Å². The van der Waals surface area contributed by atoms with Gasteiger partial charge in [0, 0.05) is 6.92 Å². The molecule has 7 heteroatoms. The van der Waals surface area contributed by atoms with Gasteiger partial charge in [-0.1, -0.05) is 64.7 Å². The Kier molecular flexibility index (Phi) is 17.2. The van der Waals surface area contributed by atoms with E-state index in [9.17, 15) is 13.2 Å². The van der Waals surface area contributed by atoms with Crippen molar-refractivity contribution in [2.45, 2.75) is 78.1 Å². The van der Waals surface area contributed by atoms with Crippen LogP contribution in [0.1, 0.15) is 79.5 Å². The number of hydrogen-bond donors (Lipinski definition) is 1. The third-order valence-electron chi connectivity index (χ3n) is 3.08. The molecule has 122 valence electrons. The minimum atomic E-state index is -3.48. The minimum absolute atomic E-state index is 0. The second kappa shape index (κ2) is 15.3. The minimum Gasteiger partial charge on any atom is -1.00 e. The van der Waals surface area contributed by atoms with Crippen LogP contribution in [0.2, 0.25) is 0 Å². The Hall–Kier alpha value is 0.380. The molecule has 0 atom stereocenters. The summed E-state index contributed by atoms with van der Waals surface area (Å²) in [6.07, 6.45) is 11.5. The van der Waals surface area contributed by atoms with Gasteiger partial charge in [0.2, 0.25) is 10.0 Å². The van der Waals surface area contributed by atoms with E-state index in [2.05, 4.69) is 11.8 Å². The average molecular weight is 331 g/mol. The molecule has 0 aliphatic carbocycles. The van der Waals surface area contributed by atoms with Crippen LogP contribution >= 0.6 is 0 Å². The molecule has 1 N–H and O–H groups in total. The van der Waals surface area contributed by atoms with Gasteiger partial charge in [-0.15, -0.1) is 0 Å². The number of hydrogen-bond acceptors (Lipinski definition) is 4. The molecular formula is C14H30NNaO4S. The van der Waals surface area contributed by atoms with Gasteiger partial charge >= 0.3 is 35.5 Å². The maximum absolute atomic E-state index is 11.4. The van der Waals surface area contributed by atoms with Gasteiger partial charge in [-0.3, -0.25) is 4.79 Å². The summed E-state index contributed by atoms with van der Waals surface area (Å²) in [6.45, 7) is 3.37. The number of unbranched alkanes of at least 4 members (excludes halogenated alkanes) is 9. The Morgan fingerprint density at radius 1 is 0.952 bits per heavy atom. The molecule has 0 saturated heterocycles. The van der Waals surface area contributed by atoms with E-state index in [0.29, 0.717) is 6.42 Å². The molecule has 0 aliphatic rings. The Bertz CT molecular complexity index is 353. The number of nitrogens with one attached hydrogen (secondary N) is 1. The quantitative estimate of drug-likeness (QED) is 0.302. The molecular weight excluding hydrogens is 301 g/mol. The topological polar surface area (TPSA) is 72.5 Å². The summed E-state index contributed by atoms with van der Waals surface area (Å²) in [6, 6.07) is 0. The fourth-order valence-electron chi connectivity index (χ4n) is 1.94. The Morgan fingerprint density at radius 2 is 1.38 bits per heavy atom. The van der Waals surface area contributed by atoms with Crippen LogP contribution in [0, 0.1) is 0 Å². The average Bonchev–Trinajstić information content (AvgIpc) is 2.39. The van der Waals surface area contributed by atoms with Crippen molar-refractivity contribution in [3.05, 3.63) is 0 Å². The van der Waals surface area contributed by atoms with Crippen molar-refractivity contribution < 1.29 is 49.0 Å². The van der Waals surface area contributed by atoms with Crippen LogP contribution in [-0.2, 0) is 19.7 Å². The van der Waals surface area contributed by atoms with Crippen molar-refractivity contribution in [1.82, 2.24) is 4.89 Å². The van der Waals surface area contributed by atoms with E-state index in [-0.39, 0.29) is 36.7 Å². The van der Waals surface area contributed by atoms with Crippen LogP contribution in [0.4, 0.5) is 0 Å². The molecule has 0 spiro atoms. The monoisotopic (exact) mass is 331 g/mol. The number of sulfonamides is 1. The first-order chi connectivity index (χ1) is 9.48. The molecule has 0 aromatic carbocycles. The van der Waals surface area contributed by atoms with Crippen LogP contribution in [0.15, 0.2) is 0 Å². The first-order valence-corrected chi connectivity index (χ1v) is 9.30. The molecule has 0 aliphatic heterocycles. The van der Waals surface area contributed by atoms with Gasteiger partial charge in [-0.05, 0) is 11.3 Å². The van der Waals surface area contributed by atoms with Gasteiger partial charge in [0.05, 0.1) is 5.75 Å². The van der Waals surface area contributed by atoms with Gasteiger partial charge in [-0.2, -0.15) is 0 Å². The largest absolute Gasteiger partial charge is 1.00 e. The van der Waals surface area contributed by atoms with Crippen molar-refractivity contribution in [1.29, 1.82) is 0 Å². The molecule has 0 bridgehead atoms. The van der Waals surface area contributed by atoms with Gasteiger partial charge < -0.3 is 6.26 Å². The zero-order valence-electron chi connectivity index (χ0n) is 14.8. The van der Waals surface area contributed by atoms with Crippen LogP contribution < -0.4 is 34.4 Å². The van der Waals surface area contributed by atoms with Gasteiger partial charge in [0.25, 0.3) is 0 Å². The maximum atomic E-state index is 11.4. The standard InChI is InChI=1S/C14H29NO4S.Na.H/c1-3-4-5-6-7-8-9-10-11-12-13-20(17,18)15-19-14(2)16;;/h15H,3-13H2,1-2H3;;/q;+1;-1. The summed E-state index contributed by atoms with van der Waals surface area (Å²) in [5, 5.41) is 0. The predicted molar refractivity (Wildman–Crippen MR) is 81.6 cm³/mol. The second-order valence-electron chi connectivity index (χ2n) is 5.18. The first kappa shape index (κ1) is 23.6. The summed E-state index contributed by atoms with van der Waals surface area (Å²) in [7, 11) is -3.48. The zero-order chi connectivity index (χ0) is 15.3. The van der Waals surface area contributed by atoms with Gasteiger partial charge in [0.1, 0.15) is 0 Å². The van der Waals surface area contributed by atoms with E-state index in [1.165, 1.54) is 44.9 Å². The maximum Gasteiger partial charge on any atom is 1.00 e. The molecule has 21 heavy (non-hydrogen) atoms. The van der Waals surface area contributed by atoms with Crippen molar-refractivity contribution in [2.75, 3.05) is 5.75 Å². The fraction of sp³-hybridized carbons (Fsp3) is 0.929. The fourth-order valence-corrected chi connectivity index (χ4v) is 2.86. The number of rotatable bonds is 13. The number of carbonyl (C=O) groups is 1. The van der Waals surface area contributed by atoms with Gasteiger partial charge in [-0.25, -0.2) is 8.42 Å². The van der Waals surface area contributed by atoms with E-state index in [1.54, 1.807) is 0 Å². The van der Waals surface area contributed by atoms with Gasteiger partial charge in [0.15, 0.2) is 0 Å². The van der Waals surface area contributed by atoms with E-state index >= 15 is 0 Å². The third kappa shape index (κ3) is 18.3. The molecule has 0 aromatic heterocycles. The Morgan fingerprint density at radius 3 is 1.81 bits per heavy atom. The summed E-state index contributed by atoms with van der Waals surface area (Å²) < 4.78 is 22.8. The van der Waals surface area contributed by atoms with Crippen LogP contribution in [0.25, 0.3) is 0 Å². The molecule has 0 unspecified atom stereocenters. The van der Waals surface area contributed by atoms with Crippen molar-refractivity contribution >= 4 is 16.0 Å². The van der Waals surface area contributed by atoms with Crippen LogP contribution in [0.5, 0.6) is 0 Å². The van der Waals surface area contributed by atoms with E-state index < -0.39 is 16.0 Å². The smallest absolute Gasteiger partial charge is 1.00 e. The van der Waals surface area contributed by atoms with E-state index in [0.717, 1.165) is 19.8 Å². The third-order valence-corrected chi connectivity index (χ3v) is 4.24. The van der Waals surface area contributed by atoms with Crippen molar-refractivity contribution in [3.63, 3.8) is 0 Å². The molecule has 0 rings (SSSR count). The summed E-state index contributed by atoms with van der Waals surface area (Å²) in [4.78, 5) is 16.6. The summed E-state index contributed by atoms with van der Waals surface area (Å²) >= 11 is 0. The van der Waals surface area contributed by atoms with E-state index in [1.807, 2.05) is 4.89 Å².